The maximum atomic E-state index is 13.3. The van der Waals surface area contributed by atoms with Crippen LogP contribution < -0.4 is 10.6 Å². The first-order valence-electron chi connectivity index (χ1n) is 12.6. The first kappa shape index (κ1) is 24.2. The van der Waals surface area contributed by atoms with E-state index in [1.165, 1.54) is 4.90 Å². The van der Waals surface area contributed by atoms with Crippen molar-refractivity contribution < 1.29 is 19.1 Å². The van der Waals surface area contributed by atoms with Crippen molar-refractivity contribution in [3.63, 3.8) is 0 Å². The Morgan fingerprint density at radius 3 is 1.72 bits per heavy atom. The fraction of sp³-hybridized carbons (Fsp3) is 0.519. The molecular formula is C27H33N5O4. The second-order valence-corrected chi connectivity index (χ2v) is 11.1. The molecule has 9 nitrogen and oxygen atoms in total. The number of carbonyl (C=O) groups is 3. The third-order valence-electron chi connectivity index (χ3n) is 7.11. The molecular weight excluding hydrogens is 458 g/mol. The van der Waals surface area contributed by atoms with E-state index in [1.54, 1.807) is 33.2 Å². The second kappa shape index (κ2) is 9.52. The van der Waals surface area contributed by atoms with E-state index in [-0.39, 0.29) is 48.8 Å². The van der Waals surface area contributed by atoms with Crippen molar-refractivity contribution in [2.24, 2.45) is 11.8 Å². The lowest BCUT2D eigenvalue weighted by Gasteiger charge is -2.24. The van der Waals surface area contributed by atoms with E-state index >= 15 is 0 Å². The smallest absolute Gasteiger partial charge is 0.410 e. The summed E-state index contributed by atoms with van der Waals surface area (Å²) in [6.45, 7) is 5.70. The molecule has 2 aliphatic carbocycles. The van der Waals surface area contributed by atoms with E-state index in [9.17, 15) is 14.4 Å². The van der Waals surface area contributed by atoms with Gasteiger partial charge < -0.3 is 20.3 Å². The first-order chi connectivity index (χ1) is 17.2. The average molecular weight is 492 g/mol. The summed E-state index contributed by atoms with van der Waals surface area (Å²) in [5.74, 6) is -1.21. The SMILES string of the molecule is CC(C)(C)OC(=O)N1C[C@@H](C(=O)NC2C[C@@H]2c2cccnc2)[C@H](C(=O)N[C@H]2C[C@@H]2c2cccnc2)C1. The lowest BCUT2D eigenvalue weighted by molar-refractivity contribution is -0.133. The summed E-state index contributed by atoms with van der Waals surface area (Å²) < 4.78 is 5.52. The van der Waals surface area contributed by atoms with Crippen LogP contribution in [0.3, 0.4) is 0 Å². The Balaban J connectivity index is 1.24. The van der Waals surface area contributed by atoms with Gasteiger partial charge >= 0.3 is 6.09 Å². The van der Waals surface area contributed by atoms with Crippen LogP contribution >= 0.6 is 0 Å². The van der Waals surface area contributed by atoms with Gasteiger partial charge in [0.05, 0.1) is 11.8 Å². The van der Waals surface area contributed by atoms with Gasteiger partial charge in [-0.2, -0.15) is 0 Å². The van der Waals surface area contributed by atoms with Gasteiger partial charge in [-0.15, -0.1) is 0 Å². The highest BCUT2D eigenvalue weighted by molar-refractivity contribution is 5.90. The van der Waals surface area contributed by atoms with Gasteiger partial charge in [-0.25, -0.2) is 4.79 Å². The maximum Gasteiger partial charge on any atom is 0.410 e. The standard InChI is InChI=1S/C27H33N5O4/c1-27(2,3)36-26(35)32-14-20(24(33)30-22-10-18(22)16-6-4-8-28-12-16)21(15-32)25(34)31-23-11-19(23)17-7-5-9-29-13-17/h4-9,12-13,18-23H,10-11,14-15H2,1-3H3,(H,30,33)(H,31,34)/t18-,19-,20-,21-,22+,23?/m1/s1. The number of nitrogens with one attached hydrogen (secondary N) is 2. The highest BCUT2D eigenvalue weighted by atomic mass is 16.6. The molecule has 3 aliphatic rings. The topological polar surface area (TPSA) is 114 Å². The Bertz CT molecular complexity index is 1040. The molecule has 0 radical (unpaired) electrons. The molecule has 2 aromatic heterocycles. The molecule has 2 saturated carbocycles. The fourth-order valence-corrected chi connectivity index (χ4v) is 5.03. The van der Waals surface area contributed by atoms with E-state index in [0.29, 0.717) is 0 Å². The van der Waals surface area contributed by atoms with Crippen LogP contribution in [0.15, 0.2) is 49.1 Å². The summed E-state index contributed by atoms with van der Waals surface area (Å²) in [5, 5.41) is 6.21. The number of rotatable bonds is 6. The van der Waals surface area contributed by atoms with Crippen molar-refractivity contribution in [1.29, 1.82) is 0 Å². The van der Waals surface area contributed by atoms with Gasteiger partial charge in [-0.05, 0) is 56.9 Å². The third kappa shape index (κ3) is 5.50. The fourth-order valence-electron chi connectivity index (χ4n) is 5.03. The second-order valence-electron chi connectivity index (χ2n) is 11.1. The molecule has 5 rings (SSSR count). The Labute approximate surface area is 211 Å². The molecule has 1 saturated heterocycles. The van der Waals surface area contributed by atoms with Gasteiger partial charge in [0.25, 0.3) is 0 Å². The highest BCUT2D eigenvalue weighted by Crippen LogP contribution is 2.42. The van der Waals surface area contributed by atoms with Crippen LogP contribution in [0.1, 0.15) is 56.6 Å². The zero-order valence-electron chi connectivity index (χ0n) is 20.9. The predicted octanol–water partition coefficient (Wildman–Crippen LogP) is 2.60. The normalized spacial score (nSPS) is 28.8. The number of amides is 3. The summed E-state index contributed by atoms with van der Waals surface area (Å²) in [6.07, 6.45) is 8.27. The van der Waals surface area contributed by atoms with Crippen molar-refractivity contribution >= 4 is 17.9 Å². The minimum absolute atomic E-state index is 0.0133. The van der Waals surface area contributed by atoms with E-state index in [2.05, 4.69) is 20.6 Å². The quantitative estimate of drug-likeness (QED) is 0.642. The molecule has 1 unspecified atom stereocenters. The van der Waals surface area contributed by atoms with Crippen LogP contribution in [0.5, 0.6) is 0 Å². The van der Waals surface area contributed by atoms with Crippen LogP contribution in [0.2, 0.25) is 0 Å². The van der Waals surface area contributed by atoms with Crippen LogP contribution in [-0.2, 0) is 14.3 Å². The van der Waals surface area contributed by atoms with Gasteiger partial charge in [0.2, 0.25) is 11.8 Å². The van der Waals surface area contributed by atoms with E-state index < -0.39 is 23.5 Å². The van der Waals surface area contributed by atoms with Gasteiger partial charge in [-0.3, -0.25) is 19.6 Å². The number of hydrogen-bond donors (Lipinski definition) is 2. The van der Waals surface area contributed by atoms with Gasteiger partial charge in [0, 0.05) is 61.8 Å². The van der Waals surface area contributed by atoms with E-state index in [1.807, 2.05) is 36.7 Å². The summed E-state index contributed by atoms with van der Waals surface area (Å²) in [7, 11) is 0. The number of aromatic nitrogens is 2. The molecule has 6 atom stereocenters. The molecule has 0 bridgehead atoms. The summed E-state index contributed by atoms with van der Waals surface area (Å²) in [4.78, 5) is 49.2. The van der Waals surface area contributed by atoms with Crippen molar-refractivity contribution in [1.82, 2.24) is 25.5 Å². The summed E-state index contributed by atoms with van der Waals surface area (Å²) in [6, 6.07) is 7.82. The van der Waals surface area contributed by atoms with Crippen molar-refractivity contribution in [2.75, 3.05) is 13.1 Å². The molecule has 36 heavy (non-hydrogen) atoms. The molecule has 9 heteroatoms. The number of carbonyl (C=O) groups excluding carboxylic acids is 3. The molecule has 2 aromatic rings. The minimum atomic E-state index is -0.662. The van der Waals surface area contributed by atoms with Crippen molar-refractivity contribution in [3.05, 3.63) is 60.2 Å². The van der Waals surface area contributed by atoms with Gasteiger partial charge in [0.1, 0.15) is 5.60 Å². The van der Waals surface area contributed by atoms with Crippen LogP contribution in [0.4, 0.5) is 4.79 Å². The Morgan fingerprint density at radius 1 is 0.861 bits per heavy atom. The van der Waals surface area contributed by atoms with Gasteiger partial charge in [-0.1, -0.05) is 12.1 Å². The van der Waals surface area contributed by atoms with E-state index in [4.69, 9.17) is 4.74 Å². The lowest BCUT2D eigenvalue weighted by Crippen LogP contribution is -2.43. The lowest BCUT2D eigenvalue weighted by atomic mass is 9.94. The zero-order chi connectivity index (χ0) is 25.4. The van der Waals surface area contributed by atoms with E-state index in [0.717, 1.165) is 24.0 Å². The molecule has 3 amide bonds. The largest absolute Gasteiger partial charge is 0.444 e. The Hall–Kier alpha value is -3.49. The maximum absolute atomic E-state index is 13.3. The zero-order valence-corrected chi connectivity index (χ0v) is 20.9. The van der Waals surface area contributed by atoms with Crippen LogP contribution in [0.25, 0.3) is 0 Å². The predicted molar refractivity (Wildman–Crippen MR) is 132 cm³/mol. The van der Waals surface area contributed by atoms with Crippen molar-refractivity contribution in [3.8, 4) is 0 Å². The summed E-state index contributed by atoms with van der Waals surface area (Å²) >= 11 is 0. The van der Waals surface area contributed by atoms with Gasteiger partial charge in [0.15, 0.2) is 0 Å². The van der Waals surface area contributed by atoms with Crippen molar-refractivity contribution in [2.45, 2.75) is 63.1 Å². The number of hydrogen-bond acceptors (Lipinski definition) is 6. The number of pyridine rings is 2. The first-order valence-corrected chi connectivity index (χ1v) is 12.6. The monoisotopic (exact) mass is 491 g/mol. The molecule has 2 N–H and O–H groups in total. The number of nitrogens with zero attached hydrogens (tertiary/aromatic N) is 3. The van der Waals surface area contributed by atoms with Crippen LogP contribution in [-0.4, -0.2) is 63.5 Å². The van der Waals surface area contributed by atoms with Crippen LogP contribution in [0, 0.1) is 11.8 Å². The molecule has 1 aliphatic heterocycles. The number of likely N-dealkylation sites (tertiary alicyclic amines) is 1. The Morgan fingerprint density at radius 2 is 1.33 bits per heavy atom. The molecule has 0 aromatic carbocycles. The minimum Gasteiger partial charge on any atom is -0.444 e. The summed E-state index contributed by atoms with van der Waals surface area (Å²) in [5.41, 5.74) is 1.52. The Kier molecular flexibility index (Phi) is 6.40. The highest BCUT2D eigenvalue weighted by Gasteiger charge is 2.49. The molecule has 3 fully saturated rings. The third-order valence-corrected chi connectivity index (χ3v) is 7.11. The average Bonchev–Trinajstić information content (AvgIpc) is 3.74. The molecule has 190 valence electrons. The molecule has 3 heterocycles. The molecule has 0 spiro atoms. The number of ether oxygens (including phenoxy) is 1.